The van der Waals surface area contributed by atoms with Gasteiger partial charge in [0, 0.05) is 11.1 Å². The Morgan fingerprint density at radius 2 is 1.76 bits per heavy atom. The van der Waals surface area contributed by atoms with Gasteiger partial charge in [0.25, 0.3) is 0 Å². The van der Waals surface area contributed by atoms with Gasteiger partial charge in [-0.3, -0.25) is 0 Å². The minimum atomic E-state index is -0.371. The Morgan fingerprint density at radius 3 is 2.33 bits per heavy atom. The van der Waals surface area contributed by atoms with Gasteiger partial charge < -0.3 is 14.8 Å². The Kier molecular flexibility index (Phi) is 5.04. The highest BCUT2D eigenvalue weighted by atomic mass is 35.5. The van der Waals surface area contributed by atoms with Crippen molar-refractivity contribution in [2.45, 2.75) is 6.04 Å². The Labute approximate surface area is 128 Å². The van der Waals surface area contributed by atoms with Crippen LogP contribution < -0.4 is 14.8 Å². The highest BCUT2D eigenvalue weighted by molar-refractivity contribution is 6.33. The van der Waals surface area contributed by atoms with Crippen molar-refractivity contribution in [2.24, 2.45) is 0 Å². The fourth-order valence-corrected chi connectivity index (χ4v) is 2.66. The van der Waals surface area contributed by atoms with Crippen molar-refractivity contribution in [2.75, 3.05) is 21.3 Å². The van der Waals surface area contributed by atoms with Gasteiger partial charge in [-0.2, -0.15) is 0 Å². The first-order chi connectivity index (χ1) is 10.1. The lowest BCUT2D eigenvalue weighted by molar-refractivity contribution is 0.388. The number of rotatable bonds is 5. The average Bonchev–Trinajstić information content (AvgIpc) is 2.50. The predicted molar refractivity (Wildman–Crippen MR) is 81.9 cm³/mol. The van der Waals surface area contributed by atoms with Crippen LogP contribution in [0.2, 0.25) is 5.02 Å². The van der Waals surface area contributed by atoms with Crippen LogP contribution in [0.1, 0.15) is 17.2 Å². The highest BCUT2D eigenvalue weighted by Gasteiger charge is 2.22. The molecule has 0 spiro atoms. The van der Waals surface area contributed by atoms with Crippen molar-refractivity contribution in [1.82, 2.24) is 5.32 Å². The van der Waals surface area contributed by atoms with E-state index in [2.05, 4.69) is 5.32 Å². The monoisotopic (exact) mass is 309 g/mol. The topological polar surface area (TPSA) is 30.5 Å². The normalized spacial score (nSPS) is 12.0. The van der Waals surface area contributed by atoms with Gasteiger partial charge in [-0.1, -0.05) is 29.8 Å². The molecule has 2 aromatic rings. The van der Waals surface area contributed by atoms with Gasteiger partial charge in [0.2, 0.25) is 0 Å². The minimum absolute atomic E-state index is 0.286. The lowest BCUT2D eigenvalue weighted by Crippen LogP contribution is -2.19. The smallest absolute Gasteiger partial charge is 0.146 e. The predicted octanol–water partition coefficient (Wildman–Crippen LogP) is 3.81. The zero-order valence-corrected chi connectivity index (χ0v) is 12.9. The summed E-state index contributed by atoms with van der Waals surface area (Å²) in [6, 6.07) is 9.79. The van der Waals surface area contributed by atoms with Gasteiger partial charge >= 0.3 is 0 Å². The molecule has 112 valence electrons. The Balaban J connectivity index is 2.58. The number of nitrogens with one attached hydrogen (secondary N) is 1. The van der Waals surface area contributed by atoms with E-state index < -0.39 is 0 Å². The molecule has 0 saturated carbocycles. The summed E-state index contributed by atoms with van der Waals surface area (Å²) in [5.41, 5.74) is 1.27. The van der Waals surface area contributed by atoms with Crippen LogP contribution in [0.15, 0.2) is 36.4 Å². The zero-order chi connectivity index (χ0) is 15.4. The number of methoxy groups -OCH3 is 2. The lowest BCUT2D eigenvalue weighted by Gasteiger charge is -2.22. The van der Waals surface area contributed by atoms with E-state index >= 15 is 0 Å². The molecule has 0 bridgehead atoms. The Bertz CT molecular complexity index is 634. The molecule has 1 unspecified atom stereocenters. The molecule has 21 heavy (non-hydrogen) atoms. The van der Waals surface area contributed by atoms with Gasteiger partial charge in [0.1, 0.15) is 22.3 Å². The van der Waals surface area contributed by atoms with Crippen LogP contribution in [0.3, 0.4) is 0 Å². The SMILES string of the molecule is CNC(c1ccccc1F)c1ccc(OC)c(Cl)c1OC. The number of hydrogen-bond acceptors (Lipinski definition) is 3. The molecular weight excluding hydrogens is 293 g/mol. The fraction of sp³-hybridized carbons (Fsp3) is 0.250. The largest absolute Gasteiger partial charge is 0.495 e. The second-order valence-electron chi connectivity index (χ2n) is 4.45. The first kappa shape index (κ1) is 15.6. The van der Waals surface area contributed by atoms with Crippen LogP contribution in [0, 0.1) is 5.82 Å². The zero-order valence-electron chi connectivity index (χ0n) is 12.1. The molecule has 0 radical (unpaired) electrons. The second-order valence-corrected chi connectivity index (χ2v) is 4.83. The van der Waals surface area contributed by atoms with Crippen LogP contribution in [0.25, 0.3) is 0 Å². The third-order valence-corrected chi connectivity index (χ3v) is 3.69. The standard InChI is InChI=1S/C16H17ClFNO2/c1-19-15(10-6-4-5-7-12(10)18)11-8-9-13(20-2)14(17)16(11)21-3/h4-9,15,19H,1-3H3. The van der Waals surface area contributed by atoms with E-state index in [1.165, 1.54) is 20.3 Å². The summed E-state index contributed by atoms with van der Waals surface area (Å²) in [5.74, 6) is 0.699. The molecule has 0 aliphatic rings. The molecular formula is C16H17ClFNO2. The number of benzene rings is 2. The van der Waals surface area contributed by atoms with Crippen molar-refractivity contribution in [3.63, 3.8) is 0 Å². The van der Waals surface area contributed by atoms with Crippen LogP contribution >= 0.6 is 11.6 Å². The molecule has 0 heterocycles. The minimum Gasteiger partial charge on any atom is -0.495 e. The molecule has 3 nitrogen and oxygen atoms in total. The molecule has 5 heteroatoms. The van der Waals surface area contributed by atoms with Gasteiger partial charge in [-0.05, 0) is 25.2 Å². The van der Waals surface area contributed by atoms with Crippen molar-refractivity contribution >= 4 is 11.6 Å². The fourth-order valence-electron chi connectivity index (χ4n) is 2.33. The van der Waals surface area contributed by atoms with E-state index in [1.807, 2.05) is 6.07 Å². The molecule has 2 rings (SSSR count). The molecule has 1 atom stereocenters. The summed E-state index contributed by atoms with van der Waals surface area (Å²) < 4.78 is 24.6. The quantitative estimate of drug-likeness (QED) is 0.911. The van der Waals surface area contributed by atoms with Gasteiger partial charge in [-0.25, -0.2) is 4.39 Å². The summed E-state index contributed by atoms with van der Waals surface area (Å²) in [5, 5.41) is 3.46. The molecule has 0 aromatic heterocycles. The Morgan fingerprint density at radius 1 is 1.05 bits per heavy atom. The third kappa shape index (κ3) is 2.96. The van der Waals surface area contributed by atoms with E-state index in [-0.39, 0.29) is 11.9 Å². The summed E-state index contributed by atoms with van der Waals surface area (Å²) in [7, 11) is 4.82. The maximum Gasteiger partial charge on any atom is 0.146 e. The van der Waals surface area contributed by atoms with E-state index in [0.717, 1.165) is 5.56 Å². The van der Waals surface area contributed by atoms with Crippen LogP contribution in [0.5, 0.6) is 11.5 Å². The molecule has 0 amide bonds. The number of ether oxygens (including phenoxy) is 2. The van der Waals surface area contributed by atoms with Crippen molar-refractivity contribution in [3.05, 3.63) is 58.4 Å². The maximum absolute atomic E-state index is 14.1. The van der Waals surface area contributed by atoms with Crippen LogP contribution in [-0.4, -0.2) is 21.3 Å². The highest BCUT2D eigenvalue weighted by Crippen LogP contribution is 2.41. The molecule has 1 N–H and O–H groups in total. The first-order valence-corrected chi connectivity index (χ1v) is 6.83. The third-order valence-electron chi connectivity index (χ3n) is 3.33. The summed E-state index contributed by atoms with van der Waals surface area (Å²) >= 11 is 6.27. The van der Waals surface area contributed by atoms with Crippen LogP contribution in [-0.2, 0) is 0 Å². The van der Waals surface area contributed by atoms with E-state index in [0.29, 0.717) is 22.1 Å². The molecule has 0 aliphatic carbocycles. The second kappa shape index (κ2) is 6.78. The van der Waals surface area contributed by atoms with Gasteiger partial charge in [0.05, 0.1) is 20.3 Å². The van der Waals surface area contributed by atoms with E-state index in [1.54, 1.807) is 31.3 Å². The molecule has 2 aromatic carbocycles. The number of halogens is 2. The average molecular weight is 310 g/mol. The molecule has 0 fully saturated rings. The summed E-state index contributed by atoms with van der Waals surface area (Å²) in [4.78, 5) is 0. The van der Waals surface area contributed by atoms with Crippen molar-refractivity contribution in [3.8, 4) is 11.5 Å². The first-order valence-electron chi connectivity index (χ1n) is 6.46. The Hall–Kier alpha value is -1.78. The van der Waals surface area contributed by atoms with E-state index in [9.17, 15) is 4.39 Å². The van der Waals surface area contributed by atoms with E-state index in [4.69, 9.17) is 21.1 Å². The molecule has 0 aliphatic heterocycles. The van der Waals surface area contributed by atoms with Gasteiger partial charge in [0.15, 0.2) is 0 Å². The number of hydrogen-bond donors (Lipinski definition) is 1. The maximum atomic E-state index is 14.1. The summed E-state index contributed by atoms with van der Waals surface area (Å²) in [6.07, 6.45) is 0. The van der Waals surface area contributed by atoms with Crippen molar-refractivity contribution in [1.29, 1.82) is 0 Å². The lowest BCUT2D eigenvalue weighted by atomic mass is 9.97. The van der Waals surface area contributed by atoms with Crippen LogP contribution in [0.4, 0.5) is 4.39 Å². The van der Waals surface area contributed by atoms with Gasteiger partial charge in [-0.15, -0.1) is 0 Å². The van der Waals surface area contributed by atoms with Crippen molar-refractivity contribution < 1.29 is 13.9 Å². The summed E-state index contributed by atoms with van der Waals surface area (Å²) in [6.45, 7) is 0. The molecule has 0 saturated heterocycles.